The van der Waals surface area contributed by atoms with Gasteiger partial charge in [0.15, 0.2) is 11.9 Å². The molecule has 0 aromatic heterocycles. The van der Waals surface area contributed by atoms with Gasteiger partial charge in [0, 0.05) is 25.2 Å². The average Bonchev–Trinajstić information content (AvgIpc) is 2.42. The fourth-order valence-electron chi connectivity index (χ4n) is 3.28. The molecule has 1 fully saturated rings. The van der Waals surface area contributed by atoms with E-state index >= 15 is 0 Å². The average molecular weight is 329 g/mol. The zero-order chi connectivity index (χ0) is 17.4. The lowest BCUT2D eigenvalue weighted by atomic mass is 9.91. The van der Waals surface area contributed by atoms with Gasteiger partial charge in [-0.25, -0.2) is 0 Å². The molecule has 0 unspecified atom stereocenters. The quantitative estimate of drug-likeness (QED) is 0.794. The third-order valence-electron chi connectivity index (χ3n) is 4.38. The number of carbonyl (C=O) groups is 1. The summed E-state index contributed by atoms with van der Waals surface area (Å²) in [5.41, 5.74) is 4.38. The summed E-state index contributed by atoms with van der Waals surface area (Å²) in [5, 5.41) is 0. The van der Waals surface area contributed by atoms with Crippen LogP contribution in [0.3, 0.4) is 0 Å². The predicted octanol–water partition coefficient (Wildman–Crippen LogP) is 3.58. The number of hydrogen-bond donors (Lipinski definition) is 0. The molecule has 1 aromatic rings. The molecule has 1 aliphatic rings. The van der Waals surface area contributed by atoms with E-state index in [1.807, 2.05) is 26.8 Å². The van der Waals surface area contributed by atoms with Gasteiger partial charge in [0.05, 0.1) is 6.61 Å². The normalized spacial score (nSPS) is 19.9. The van der Waals surface area contributed by atoms with E-state index < -0.39 is 12.3 Å². The number of ether oxygens (including phenoxy) is 1. The zero-order valence-corrected chi connectivity index (χ0v) is 13.9. The summed E-state index contributed by atoms with van der Waals surface area (Å²) in [7, 11) is 0. The Labute approximate surface area is 134 Å². The Bertz CT molecular complexity index is 611. The zero-order valence-electron chi connectivity index (χ0n) is 13.9. The van der Waals surface area contributed by atoms with Crippen molar-refractivity contribution in [3.05, 3.63) is 33.9 Å². The first-order valence-corrected chi connectivity index (χ1v) is 7.62. The molecule has 1 aliphatic heterocycles. The first kappa shape index (κ1) is 17.9. The van der Waals surface area contributed by atoms with Crippen molar-refractivity contribution in [1.82, 2.24) is 4.90 Å². The van der Waals surface area contributed by atoms with E-state index in [0.29, 0.717) is 18.7 Å². The maximum absolute atomic E-state index is 12.8. The first-order valence-electron chi connectivity index (χ1n) is 7.62. The predicted molar refractivity (Wildman–Crippen MR) is 81.7 cm³/mol. The van der Waals surface area contributed by atoms with Crippen LogP contribution in [0.2, 0.25) is 0 Å². The van der Waals surface area contributed by atoms with Gasteiger partial charge < -0.3 is 4.74 Å². The van der Waals surface area contributed by atoms with Crippen LogP contribution in [0.1, 0.15) is 39.5 Å². The van der Waals surface area contributed by atoms with Crippen molar-refractivity contribution >= 4 is 5.78 Å². The molecule has 0 bridgehead atoms. The van der Waals surface area contributed by atoms with Crippen molar-refractivity contribution in [2.24, 2.45) is 0 Å². The first-order chi connectivity index (χ1) is 10.6. The highest BCUT2D eigenvalue weighted by Gasteiger charge is 2.43. The molecule has 1 aromatic carbocycles. The largest absolute Gasteiger partial charge is 0.415 e. The Balaban J connectivity index is 2.26. The molecule has 128 valence electrons. The van der Waals surface area contributed by atoms with Gasteiger partial charge in [-0.15, -0.1) is 0 Å². The summed E-state index contributed by atoms with van der Waals surface area (Å²) in [4.78, 5) is 13.6. The van der Waals surface area contributed by atoms with Gasteiger partial charge in [-0.3, -0.25) is 9.69 Å². The van der Waals surface area contributed by atoms with E-state index in [-0.39, 0.29) is 18.9 Å². The third kappa shape index (κ3) is 3.93. The smallest absolute Gasteiger partial charge is 0.366 e. The number of halogens is 3. The molecule has 3 nitrogen and oxygen atoms in total. The van der Waals surface area contributed by atoms with Gasteiger partial charge in [0.2, 0.25) is 0 Å². The van der Waals surface area contributed by atoms with Crippen LogP contribution >= 0.6 is 0 Å². The Morgan fingerprint density at radius 1 is 1.30 bits per heavy atom. The minimum atomic E-state index is -4.35. The van der Waals surface area contributed by atoms with Gasteiger partial charge in [-0.2, -0.15) is 13.2 Å². The van der Waals surface area contributed by atoms with Crippen molar-refractivity contribution in [3.8, 4) is 0 Å². The monoisotopic (exact) mass is 329 g/mol. The number of ketones is 1. The highest BCUT2D eigenvalue weighted by atomic mass is 19.4. The minimum Gasteiger partial charge on any atom is -0.366 e. The van der Waals surface area contributed by atoms with E-state index in [2.05, 4.69) is 0 Å². The Morgan fingerprint density at radius 3 is 2.52 bits per heavy atom. The third-order valence-corrected chi connectivity index (χ3v) is 4.38. The van der Waals surface area contributed by atoms with Gasteiger partial charge >= 0.3 is 6.18 Å². The second-order valence-corrected chi connectivity index (χ2v) is 6.18. The molecular formula is C17H22F3NO2. The number of rotatable bonds is 3. The summed E-state index contributed by atoms with van der Waals surface area (Å²) >= 11 is 0. The molecule has 1 atom stereocenters. The van der Waals surface area contributed by atoms with Gasteiger partial charge in [-0.05, 0) is 49.9 Å². The maximum atomic E-state index is 12.8. The standard InChI is InChI=1S/C17H22F3NO2/c1-10-7-11(2)16(13(4)22)12(3)14(10)8-21-5-6-23-15(9-21)17(18,19)20/h7,15H,5-6,8-9H2,1-4H3/t15-/m0/s1. The minimum absolute atomic E-state index is 0.0172. The highest BCUT2D eigenvalue weighted by molar-refractivity contribution is 5.97. The molecule has 2 rings (SSSR count). The van der Waals surface area contributed by atoms with Crippen LogP contribution in [-0.4, -0.2) is 42.7 Å². The molecule has 0 radical (unpaired) electrons. The molecule has 6 heteroatoms. The summed E-state index contributed by atoms with van der Waals surface area (Å²) in [6, 6.07) is 1.93. The van der Waals surface area contributed by atoms with Crippen LogP contribution in [0, 0.1) is 20.8 Å². The van der Waals surface area contributed by atoms with Gasteiger partial charge in [0.25, 0.3) is 0 Å². The molecule has 0 spiro atoms. The second kappa shape index (κ2) is 6.61. The fourth-order valence-corrected chi connectivity index (χ4v) is 3.28. The number of benzene rings is 1. The number of alkyl halides is 3. The maximum Gasteiger partial charge on any atom is 0.415 e. The summed E-state index contributed by atoms with van der Waals surface area (Å²) in [6.07, 6.45) is -6.09. The number of aryl methyl sites for hydroxylation is 2. The number of Topliss-reactive ketones (excluding diaryl/α,β-unsaturated/α-hetero) is 1. The van der Waals surface area contributed by atoms with Crippen LogP contribution in [0.15, 0.2) is 6.07 Å². The molecule has 1 saturated heterocycles. The van der Waals surface area contributed by atoms with E-state index in [9.17, 15) is 18.0 Å². The van der Waals surface area contributed by atoms with E-state index in [1.165, 1.54) is 6.92 Å². The van der Waals surface area contributed by atoms with E-state index in [0.717, 1.165) is 22.3 Å². The molecule has 23 heavy (non-hydrogen) atoms. The van der Waals surface area contributed by atoms with Crippen molar-refractivity contribution in [1.29, 1.82) is 0 Å². The van der Waals surface area contributed by atoms with E-state index in [1.54, 1.807) is 4.90 Å². The summed E-state index contributed by atoms with van der Waals surface area (Å²) < 4.78 is 43.3. The van der Waals surface area contributed by atoms with Crippen LogP contribution in [0.25, 0.3) is 0 Å². The van der Waals surface area contributed by atoms with Crippen molar-refractivity contribution in [3.63, 3.8) is 0 Å². The number of nitrogens with zero attached hydrogens (tertiary/aromatic N) is 1. The SMILES string of the molecule is CC(=O)c1c(C)cc(C)c(CN2CCO[C@H](C(F)(F)F)C2)c1C. The molecule has 1 heterocycles. The molecule has 0 aliphatic carbocycles. The van der Waals surface area contributed by atoms with Crippen molar-refractivity contribution in [2.75, 3.05) is 19.7 Å². The van der Waals surface area contributed by atoms with Crippen LogP contribution in [-0.2, 0) is 11.3 Å². The van der Waals surface area contributed by atoms with Crippen LogP contribution in [0.4, 0.5) is 13.2 Å². The molecule has 0 N–H and O–H groups in total. The lowest BCUT2D eigenvalue weighted by Gasteiger charge is -2.34. The van der Waals surface area contributed by atoms with Crippen LogP contribution < -0.4 is 0 Å². The number of carbonyl (C=O) groups excluding carboxylic acids is 1. The highest BCUT2D eigenvalue weighted by Crippen LogP contribution is 2.28. The molecule has 0 saturated carbocycles. The van der Waals surface area contributed by atoms with Crippen LogP contribution in [0.5, 0.6) is 0 Å². The lowest BCUT2D eigenvalue weighted by molar-refractivity contribution is -0.237. The fraction of sp³-hybridized carbons (Fsp3) is 0.588. The Morgan fingerprint density at radius 2 is 1.96 bits per heavy atom. The van der Waals surface area contributed by atoms with Gasteiger partial charge in [-0.1, -0.05) is 6.07 Å². The second-order valence-electron chi connectivity index (χ2n) is 6.18. The Kier molecular flexibility index (Phi) is 5.16. The van der Waals surface area contributed by atoms with Crippen molar-refractivity contribution in [2.45, 2.75) is 46.5 Å². The molecule has 0 amide bonds. The van der Waals surface area contributed by atoms with Gasteiger partial charge in [0.1, 0.15) is 0 Å². The van der Waals surface area contributed by atoms with Crippen molar-refractivity contribution < 1.29 is 22.7 Å². The summed E-state index contributed by atoms with van der Waals surface area (Å²) in [6.45, 7) is 7.94. The topological polar surface area (TPSA) is 29.5 Å². The number of morpholine rings is 1. The molecular weight excluding hydrogens is 307 g/mol. The lowest BCUT2D eigenvalue weighted by Crippen LogP contribution is -2.48. The van der Waals surface area contributed by atoms with E-state index in [4.69, 9.17) is 4.74 Å². The number of hydrogen-bond acceptors (Lipinski definition) is 3. The summed E-state index contributed by atoms with van der Waals surface area (Å²) in [5.74, 6) is -0.0172. The Hall–Kier alpha value is -1.40.